The molecule has 0 spiro atoms. The summed E-state index contributed by atoms with van der Waals surface area (Å²) in [6.45, 7) is 6.07. The van der Waals surface area contributed by atoms with Crippen LogP contribution in [-0.2, 0) is 11.2 Å². The number of carbonyl (C=O) groups excluding carboxylic acids is 1. The van der Waals surface area contributed by atoms with Gasteiger partial charge in [0.2, 0.25) is 5.91 Å². The summed E-state index contributed by atoms with van der Waals surface area (Å²) in [7, 11) is 3.24. The molecular weight excluding hydrogens is 396 g/mol. The Morgan fingerprint density at radius 2 is 1.70 bits per heavy atom. The summed E-state index contributed by atoms with van der Waals surface area (Å²) in [5.41, 5.74) is 4.29. The number of ether oxygens (including phenoxy) is 2. The predicted octanol–water partition coefficient (Wildman–Crippen LogP) is 5.25. The summed E-state index contributed by atoms with van der Waals surface area (Å²) in [5.74, 6) is 1.46. The van der Waals surface area contributed by atoms with E-state index in [4.69, 9.17) is 14.5 Å². The van der Waals surface area contributed by atoms with Crippen LogP contribution in [0.3, 0.4) is 0 Å². The van der Waals surface area contributed by atoms with Crippen LogP contribution in [0.5, 0.6) is 11.5 Å². The van der Waals surface area contributed by atoms with Crippen LogP contribution in [0.2, 0.25) is 0 Å². The minimum absolute atomic E-state index is 0.00831. The van der Waals surface area contributed by atoms with E-state index in [2.05, 4.69) is 36.5 Å². The zero-order valence-electron chi connectivity index (χ0n) is 18.1. The lowest BCUT2D eigenvalue weighted by molar-refractivity contribution is -0.121. The number of benzene rings is 2. The standard InChI is InChI=1S/C24H28N2O3S/c1-15-6-9-19(10-7-15)24-26-17(3)23(30-24)16(2)25-22(27)11-8-18-12-20(28-4)14-21(13-18)29-5/h6-7,9-10,12-14,16H,8,11H2,1-5H3,(H,25,27). The van der Waals surface area contributed by atoms with E-state index in [0.717, 1.165) is 38.2 Å². The number of hydrogen-bond donors (Lipinski definition) is 1. The molecule has 158 valence electrons. The lowest BCUT2D eigenvalue weighted by atomic mass is 10.1. The van der Waals surface area contributed by atoms with Crippen LogP contribution in [0.15, 0.2) is 42.5 Å². The fourth-order valence-corrected chi connectivity index (χ4v) is 4.35. The number of rotatable bonds is 8. The van der Waals surface area contributed by atoms with Gasteiger partial charge in [-0.2, -0.15) is 0 Å². The first kappa shape index (κ1) is 21.8. The largest absolute Gasteiger partial charge is 0.497 e. The van der Waals surface area contributed by atoms with Crippen molar-refractivity contribution >= 4 is 17.2 Å². The minimum Gasteiger partial charge on any atom is -0.497 e. The Morgan fingerprint density at radius 3 is 2.30 bits per heavy atom. The highest BCUT2D eigenvalue weighted by atomic mass is 32.1. The molecule has 6 heteroatoms. The molecule has 0 aliphatic rings. The third-order valence-corrected chi connectivity index (χ3v) is 6.34. The van der Waals surface area contributed by atoms with Crippen molar-refractivity contribution in [2.24, 2.45) is 0 Å². The fraction of sp³-hybridized carbons (Fsp3) is 0.333. The first-order chi connectivity index (χ1) is 14.4. The number of aryl methyl sites for hydroxylation is 3. The molecule has 0 aliphatic heterocycles. The number of amides is 1. The summed E-state index contributed by atoms with van der Waals surface area (Å²) >= 11 is 1.63. The van der Waals surface area contributed by atoms with Crippen LogP contribution < -0.4 is 14.8 Å². The first-order valence-electron chi connectivity index (χ1n) is 9.95. The number of nitrogens with one attached hydrogen (secondary N) is 1. The monoisotopic (exact) mass is 424 g/mol. The molecule has 2 aromatic carbocycles. The van der Waals surface area contributed by atoms with Crippen molar-refractivity contribution in [2.45, 2.75) is 39.7 Å². The highest BCUT2D eigenvalue weighted by Gasteiger charge is 2.17. The molecule has 0 aliphatic carbocycles. The number of aromatic nitrogens is 1. The van der Waals surface area contributed by atoms with Crippen LogP contribution in [0.4, 0.5) is 0 Å². The minimum atomic E-state index is -0.0888. The molecule has 0 saturated heterocycles. The summed E-state index contributed by atoms with van der Waals surface area (Å²) in [6.07, 6.45) is 1.01. The van der Waals surface area contributed by atoms with E-state index in [-0.39, 0.29) is 11.9 Å². The highest BCUT2D eigenvalue weighted by molar-refractivity contribution is 7.15. The first-order valence-corrected chi connectivity index (χ1v) is 10.8. The second-order valence-corrected chi connectivity index (χ2v) is 8.38. The molecule has 0 fully saturated rings. The van der Waals surface area contributed by atoms with Crippen molar-refractivity contribution in [3.63, 3.8) is 0 Å². The van der Waals surface area contributed by atoms with Crippen LogP contribution in [0.25, 0.3) is 10.6 Å². The quantitative estimate of drug-likeness (QED) is 0.536. The van der Waals surface area contributed by atoms with Crippen molar-refractivity contribution in [1.82, 2.24) is 10.3 Å². The molecule has 1 atom stereocenters. The van der Waals surface area contributed by atoms with Gasteiger partial charge < -0.3 is 14.8 Å². The number of methoxy groups -OCH3 is 2. The van der Waals surface area contributed by atoms with Crippen LogP contribution >= 0.6 is 11.3 Å². The molecule has 0 saturated carbocycles. The van der Waals surface area contributed by atoms with Crippen LogP contribution in [-0.4, -0.2) is 25.1 Å². The maximum atomic E-state index is 12.5. The molecular formula is C24H28N2O3S. The van der Waals surface area contributed by atoms with Crippen molar-refractivity contribution in [3.8, 4) is 22.1 Å². The molecule has 0 radical (unpaired) electrons. The zero-order valence-corrected chi connectivity index (χ0v) is 18.9. The Hall–Kier alpha value is -2.86. The van der Waals surface area contributed by atoms with Gasteiger partial charge in [-0.1, -0.05) is 29.8 Å². The van der Waals surface area contributed by atoms with E-state index in [1.807, 2.05) is 32.0 Å². The second kappa shape index (κ2) is 9.76. The normalized spacial score (nSPS) is 11.8. The number of hydrogen-bond acceptors (Lipinski definition) is 5. The van der Waals surface area contributed by atoms with E-state index in [1.165, 1.54) is 5.56 Å². The van der Waals surface area contributed by atoms with Gasteiger partial charge in [0.1, 0.15) is 16.5 Å². The lowest BCUT2D eigenvalue weighted by Crippen LogP contribution is -2.26. The van der Waals surface area contributed by atoms with Crippen molar-refractivity contribution in [3.05, 3.63) is 64.2 Å². The number of thiazole rings is 1. The zero-order chi connectivity index (χ0) is 21.7. The van der Waals surface area contributed by atoms with Crippen molar-refractivity contribution < 1.29 is 14.3 Å². The van der Waals surface area contributed by atoms with Gasteiger partial charge in [0, 0.05) is 18.1 Å². The van der Waals surface area contributed by atoms with Gasteiger partial charge in [-0.15, -0.1) is 11.3 Å². The summed E-state index contributed by atoms with van der Waals surface area (Å²) in [6, 6.07) is 13.9. The maximum Gasteiger partial charge on any atom is 0.220 e. The number of nitrogens with zero attached hydrogens (tertiary/aromatic N) is 1. The van der Waals surface area contributed by atoms with E-state index < -0.39 is 0 Å². The lowest BCUT2D eigenvalue weighted by Gasteiger charge is -2.13. The molecule has 3 rings (SSSR count). The Balaban J connectivity index is 1.63. The molecule has 1 heterocycles. The smallest absolute Gasteiger partial charge is 0.220 e. The Bertz CT molecular complexity index is 990. The van der Waals surface area contributed by atoms with E-state index in [0.29, 0.717) is 12.8 Å². The van der Waals surface area contributed by atoms with Gasteiger partial charge in [-0.05, 0) is 44.9 Å². The van der Waals surface area contributed by atoms with Crippen molar-refractivity contribution in [1.29, 1.82) is 0 Å². The van der Waals surface area contributed by atoms with Gasteiger partial charge >= 0.3 is 0 Å². The molecule has 3 aromatic rings. The molecule has 1 N–H and O–H groups in total. The second-order valence-electron chi connectivity index (χ2n) is 7.34. The van der Waals surface area contributed by atoms with E-state index in [1.54, 1.807) is 25.6 Å². The molecule has 30 heavy (non-hydrogen) atoms. The van der Waals surface area contributed by atoms with Crippen LogP contribution in [0.1, 0.15) is 41.1 Å². The molecule has 1 unspecified atom stereocenters. The topological polar surface area (TPSA) is 60.5 Å². The van der Waals surface area contributed by atoms with Crippen LogP contribution in [0, 0.1) is 13.8 Å². The van der Waals surface area contributed by atoms with Gasteiger partial charge in [0.25, 0.3) is 0 Å². The third kappa shape index (κ3) is 5.39. The number of carbonyl (C=O) groups is 1. The van der Waals surface area contributed by atoms with Gasteiger partial charge in [0.05, 0.1) is 30.8 Å². The van der Waals surface area contributed by atoms with E-state index in [9.17, 15) is 4.79 Å². The molecule has 1 amide bonds. The Labute approximate surface area is 182 Å². The fourth-order valence-electron chi connectivity index (χ4n) is 3.28. The predicted molar refractivity (Wildman–Crippen MR) is 121 cm³/mol. The SMILES string of the molecule is COc1cc(CCC(=O)NC(C)c2sc(-c3ccc(C)cc3)nc2C)cc(OC)c1. The molecule has 1 aromatic heterocycles. The van der Waals surface area contributed by atoms with Gasteiger partial charge in [-0.25, -0.2) is 4.98 Å². The molecule has 0 bridgehead atoms. The van der Waals surface area contributed by atoms with Crippen molar-refractivity contribution in [2.75, 3.05) is 14.2 Å². The van der Waals surface area contributed by atoms with Gasteiger partial charge in [0.15, 0.2) is 0 Å². The summed E-state index contributed by atoms with van der Waals surface area (Å²) in [5, 5.41) is 4.09. The maximum absolute atomic E-state index is 12.5. The Morgan fingerprint density at radius 1 is 1.07 bits per heavy atom. The Kier molecular flexibility index (Phi) is 7.11. The van der Waals surface area contributed by atoms with E-state index >= 15 is 0 Å². The third-order valence-electron chi connectivity index (χ3n) is 4.95. The van der Waals surface area contributed by atoms with Gasteiger partial charge in [-0.3, -0.25) is 4.79 Å². The summed E-state index contributed by atoms with van der Waals surface area (Å²) in [4.78, 5) is 18.3. The average Bonchev–Trinajstić information content (AvgIpc) is 3.14. The highest BCUT2D eigenvalue weighted by Crippen LogP contribution is 2.32. The molecule has 5 nitrogen and oxygen atoms in total. The summed E-state index contributed by atoms with van der Waals surface area (Å²) < 4.78 is 10.6. The average molecular weight is 425 g/mol.